The summed E-state index contributed by atoms with van der Waals surface area (Å²) in [7, 11) is 1.83. The van der Waals surface area contributed by atoms with E-state index in [1.807, 2.05) is 21.3 Å². The molecule has 0 aromatic heterocycles. The minimum absolute atomic E-state index is 0.0467. The normalized spacial score (nSPS) is 16.3. The Kier molecular flexibility index (Phi) is 4.90. The third kappa shape index (κ3) is 2.98. The molecule has 4 aromatic carbocycles. The fraction of sp³-hybridized carbons (Fsp3) is 0.250. The van der Waals surface area contributed by atoms with Crippen molar-refractivity contribution in [3.8, 4) is 11.1 Å². The summed E-state index contributed by atoms with van der Waals surface area (Å²) in [5, 5.41) is 9.74. The second-order valence-corrected chi connectivity index (χ2v) is 10.9. The van der Waals surface area contributed by atoms with Gasteiger partial charge in [-0.3, -0.25) is 0 Å². The van der Waals surface area contributed by atoms with Crippen LogP contribution in [0.1, 0.15) is 61.1 Å². The lowest BCUT2D eigenvalue weighted by molar-refractivity contribution is 0.0463. The van der Waals surface area contributed by atoms with Gasteiger partial charge in [0.05, 0.1) is 17.6 Å². The summed E-state index contributed by atoms with van der Waals surface area (Å²) in [4.78, 5) is 0. The van der Waals surface area contributed by atoms with Crippen LogP contribution in [0.4, 0.5) is 0 Å². The van der Waals surface area contributed by atoms with E-state index in [2.05, 4.69) is 105 Å². The smallest absolute Gasteiger partial charge is 0.331 e. The molecule has 173 valence electrons. The summed E-state index contributed by atoms with van der Waals surface area (Å²) < 4.78 is 6.08. The maximum Gasteiger partial charge on any atom is 0.331 e. The molecule has 0 amide bonds. The first-order chi connectivity index (χ1) is 16.8. The number of hydrogen-bond acceptors (Lipinski definition) is 2. The van der Waals surface area contributed by atoms with Crippen molar-refractivity contribution in [2.75, 3.05) is 6.61 Å². The van der Waals surface area contributed by atoms with E-state index in [1.165, 1.54) is 44.5 Å². The number of aliphatic hydroxyl groups is 1. The van der Waals surface area contributed by atoms with Crippen LogP contribution in [0.25, 0.3) is 11.1 Å². The van der Waals surface area contributed by atoms with Crippen LogP contribution in [0.15, 0.2) is 91.0 Å². The fourth-order valence-electron chi connectivity index (χ4n) is 6.30. The van der Waals surface area contributed by atoms with Crippen molar-refractivity contribution in [3.05, 3.63) is 124 Å². The van der Waals surface area contributed by atoms with Crippen molar-refractivity contribution in [1.82, 2.24) is 0 Å². The molecule has 2 nitrogen and oxygen atoms in total. The Labute approximate surface area is 208 Å². The van der Waals surface area contributed by atoms with Gasteiger partial charge < -0.3 is 9.76 Å². The highest BCUT2D eigenvalue weighted by atomic mass is 16.5. The Morgan fingerprint density at radius 3 is 1.80 bits per heavy atom. The van der Waals surface area contributed by atoms with Crippen molar-refractivity contribution in [2.24, 2.45) is 0 Å². The summed E-state index contributed by atoms with van der Waals surface area (Å²) in [6.45, 7) is 8.44. The monoisotopic (exact) mass is 457 g/mol. The molecule has 0 heterocycles. The summed E-state index contributed by atoms with van der Waals surface area (Å²) in [6, 6.07) is 33.3. The number of hydrogen-bond donors (Lipinski definition) is 1. The van der Waals surface area contributed by atoms with Crippen molar-refractivity contribution >= 4 is 12.9 Å². The largest absolute Gasteiger partial charge is 0.427 e. The highest BCUT2D eigenvalue weighted by molar-refractivity contribution is 6.50. The van der Waals surface area contributed by atoms with Crippen LogP contribution >= 0.6 is 0 Å². The van der Waals surface area contributed by atoms with Gasteiger partial charge in [0.2, 0.25) is 0 Å². The number of rotatable bonds is 4. The first kappa shape index (κ1) is 22.3. The van der Waals surface area contributed by atoms with Gasteiger partial charge in [0.15, 0.2) is 0 Å². The van der Waals surface area contributed by atoms with Gasteiger partial charge in [-0.1, -0.05) is 105 Å². The molecule has 1 N–H and O–H groups in total. The number of aliphatic hydroxyl groups excluding tert-OH is 1. The molecule has 6 rings (SSSR count). The van der Waals surface area contributed by atoms with Crippen LogP contribution in [0.5, 0.6) is 0 Å². The fourth-order valence-corrected chi connectivity index (χ4v) is 6.30. The molecule has 2 aliphatic carbocycles. The maximum atomic E-state index is 9.74. The van der Waals surface area contributed by atoms with E-state index in [9.17, 15) is 5.11 Å². The van der Waals surface area contributed by atoms with Crippen LogP contribution in [0.3, 0.4) is 0 Å². The molecular weight excluding hydrogens is 427 g/mol. The lowest BCUT2D eigenvalue weighted by atomic mass is 9.55. The molecule has 2 aliphatic rings. The highest BCUT2D eigenvalue weighted by Crippen LogP contribution is 2.61. The zero-order valence-corrected chi connectivity index (χ0v) is 20.8. The standard InChI is InChI=1S/C32H30BO2/c1-30(2,20-34)35-33-28-19-11-18-27-29(28)21-12-5-6-13-22(21)32(27)25-16-9-7-14-23(25)31(3,4)24-15-8-10-17-26(24)32/h5-19,34H,20H2,1-4H3. The number of fused-ring (bicyclic) bond motifs is 9. The Hall–Kier alpha value is -3.14. The van der Waals surface area contributed by atoms with Crippen molar-refractivity contribution in [3.63, 3.8) is 0 Å². The van der Waals surface area contributed by atoms with Crippen molar-refractivity contribution in [2.45, 2.75) is 44.1 Å². The second kappa shape index (κ2) is 7.68. The summed E-state index contributed by atoms with van der Waals surface area (Å²) in [6.07, 6.45) is 0. The molecule has 0 fully saturated rings. The van der Waals surface area contributed by atoms with Gasteiger partial charge in [0.25, 0.3) is 0 Å². The van der Waals surface area contributed by atoms with E-state index < -0.39 is 11.0 Å². The summed E-state index contributed by atoms with van der Waals surface area (Å²) in [5.74, 6) is 0. The third-order valence-corrected chi connectivity index (χ3v) is 8.00. The van der Waals surface area contributed by atoms with E-state index in [0.29, 0.717) is 0 Å². The topological polar surface area (TPSA) is 29.5 Å². The van der Waals surface area contributed by atoms with E-state index in [1.54, 1.807) is 0 Å². The number of benzene rings is 4. The molecule has 4 aromatic rings. The Balaban J connectivity index is 1.71. The molecule has 0 saturated heterocycles. The molecule has 35 heavy (non-hydrogen) atoms. The minimum atomic E-state index is -0.646. The Bertz CT molecular complexity index is 1400. The molecule has 0 bridgehead atoms. The summed E-state index contributed by atoms with van der Waals surface area (Å²) >= 11 is 0. The molecule has 0 aliphatic heterocycles. The lowest BCUT2D eigenvalue weighted by Gasteiger charge is -2.46. The molecule has 0 atom stereocenters. The van der Waals surface area contributed by atoms with Crippen LogP contribution in [-0.2, 0) is 15.5 Å². The van der Waals surface area contributed by atoms with Gasteiger partial charge >= 0.3 is 7.48 Å². The molecule has 0 saturated carbocycles. The predicted molar refractivity (Wildman–Crippen MR) is 144 cm³/mol. The van der Waals surface area contributed by atoms with E-state index >= 15 is 0 Å². The van der Waals surface area contributed by atoms with Gasteiger partial charge in [-0.25, -0.2) is 0 Å². The average molecular weight is 457 g/mol. The van der Waals surface area contributed by atoms with Gasteiger partial charge in [0.1, 0.15) is 0 Å². The molecular formula is C32H30BO2. The van der Waals surface area contributed by atoms with Crippen molar-refractivity contribution < 1.29 is 9.76 Å². The molecule has 1 radical (unpaired) electrons. The van der Waals surface area contributed by atoms with E-state index in [-0.39, 0.29) is 12.0 Å². The first-order valence-electron chi connectivity index (χ1n) is 12.4. The molecule has 3 heteroatoms. The maximum absolute atomic E-state index is 9.74. The average Bonchev–Trinajstić information content (AvgIpc) is 3.18. The zero-order valence-electron chi connectivity index (χ0n) is 20.8. The highest BCUT2D eigenvalue weighted by Gasteiger charge is 2.53. The molecule has 0 unspecified atom stereocenters. The minimum Gasteiger partial charge on any atom is -0.427 e. The quantitative estimate of drug-likeness (QED) is 0.350. The van der Waals surface area contributed by atoms with E-state index in [0.717, 1.165) is 5.46 Å². The van der Waals surface area contributed by atoms with Gasteiger partial charge in [-0.2, -0.15) is 0 Å². The Morgan fingerprint density at radius 1 is 0.686 bits per heavy atom. The van der Waals surface area contributed by atoms with Crippen LogP contribution in [-0.4, -0.2) is 24.8 Å². The van der Waals surface area contributed by atoms with Gasteiger partial charge in [-0.05, 0) is 63.8 Å². The van der Waals surface area contributed by atoms with Gasteiger partial charge in [-0.15, -0.1) is 0 Å². The second-order valence-electron chi connectivity index (χ2n) is 10.9. The lowest BCUT2D eigenvalue weighted by Crippen LogP contribution is -2.41. The van der Waals surface area contributed by atoms with Crippen LogP contribution in [0.2, 0.25) is 0 Å². The first-order valence-corrected chi connectivity index (χ1v) is 12.4. The molecule has 1 spiro atoms. The SMILES string of the molecule is CC(C)(CO)O[B]c1cccc2c1-c1ccccc1C21c2ccccc2C(C)(C)c2ccccc21. The van der Waals surface area contributed by atoms with E-state index in [4.69, 9.17) is 4.65 Å². The zero-order chi connectivity index (χ0) is 24.4. The van der Waals surface area contributed by atoms with Crippen LogP contribution in [0, 0.1) is 0 Å². The third-order valence-electron chi connectivity index (χ3n) is 8.00. The predicted octanol–water partition coefficient (Wildman–Crippen LogP) is 5.72. The van der Waals surface area contributed by atoms with Crippen molar-refractivity contribution in [1.29, 1.82) is 0 Å². The summed E-state index contributed by atoms with van der Waals surface area (Å²) in [5.41, 5.74) is 10.4. The Morgan fingerprint density at radius 2 is 1.20 bits per heavy atom. The van der Waals surface area contributed by atoms with Gasteiger partial charge in [0, 0.05) is 5.41 Å². The van der Waals surface area contributed by atoms with Crippen LogP contribution < -0.4 is 5.46 Å².